The highest BCUT2D eigenvalue weighted by molar-refractivity contribution is 6.32. The van der Waals surface area contributed by atoms with Crippen LogP contribution in [0.25, 0.3) is 0 Å². The van der Waals surface area contributed by atoms with Crippen LogP contribution in [0, 0.1) is 0 Å². The third kappa shape index (κ3) is 5.13. The Morgan fingerprint density at radius 2 is 1.87 bits per heavy atom. The smallest absolute Gasteiger partial charge is 0.247 e. The molecule has 0 radical (unpaired) electrons. The van der Waals surface area contributed by atoms with Crippen molar-refractivity contribution in [2.45, 2.75) is 44.8 Å². The van der Waals surface area contributed by atoms with Crippen LogP contribution in [0.2, 0.25) is 5.02 Å². The summed E-state index contributed by atoms with van der Waals surface area (Å²) >= 11 is 6.46. The van der Waals surface area contributed by atoms with E-state index in [0.717, 1.165) is 32.4 Å². The summed E-state index contributed by atoms with van der Waals surface area (Å²) in [6.07, 6.45) is 3.54. The Morgan fingerprint density at radius 3 is 2.61 bits per heavy atom. The van der Waals surface area contributed by atoms with Crippen LogP contribution >= 0.6 is 11.6 Å². The van der Waals surface area contributed by atoms with Gasteiger partial charge in [0.1, 0.15) is 17.9 Å². The van der Waals surface area contributed by atoms with E-state index in [9.17, 15) is 9.59 Å². The van der Waals surface area contributed by atoms with E-state index in [4.69, 9.17) is 16.3 Å². The Hall–Kier alpha value is -2.73. The molecule has 2 atom stereocenters. The molecule has 31 heavy (non-hydrogen) atoms. The van der Waals surface area contributed by atoms with E-state index in [0.29, 0.717) is 29.4 Å². The number of piperidine rings is 1. The van der Waals surface area contributed by atoms with Crippen LogP contribution in [0.5, 0.6) is 5.75 Å². The second-order valence-electron chi connectivity index (χ2n) is 8.17. The minimum atomic E-state index is -0.427. The summed E-state index contributed by atoms with van der Waals surface area (Å²) in [6, 6.07) is 15.2. The molecule has 7 heteroatoms. The Labute approximate surface area is 188 Å². The molecular formula is C24H28ClN3O3. The molecule has 0 spiro atoms. The van der Waals surface area contributed by atoms with Gasteiger partial charge in [0, 0.05) is 37.8 Å². The van der Waals surface area contributed by atoms with Crippen molar-refractivity contribution in [2.24, 2.45) is 0 Å². The number of hydrogen-bond acceptors (Lipinski definition) is 4. The zero-order valence-corrected chi connectivity index (χ0v) is 18.5. The van der Waals surface area contributed by atoms with Crippen LogP contribution in [0.15, 0.2) is 48.5 Å². The van der Waals surface area contributed by atoms with Gasteiger partial charge in [-0.3, -0.25) is 9.59 Å². The first-order chi connectivity index (χ1) is 15.0. The number of nitrogens with zero attached hydrogens (tertiary/aromatic N) is 2. The molecule has 0 bridgehead atoms. The van der Waals surface area contributed by atoms with Gasteiger partial charge in [0.05, 0.1) is 11.6 Å². The Balaban J connectivity index is 1.36. The van der Waals surface area contributed by atoms with Gasteiger partial charge in [-0.2, -0.15) is 0 Å². The molecule has 2 aliphatic heterocycles. The minimum Gasteiger partial charge on any atom is -0.487 e. The van der Waals surface area contributed by atoms with Gasteiger partial charge in [-0.25, -0.2) is 0 Å². The van der Waals surface area contributed by atoms with Crippen molar-refractivity contribution < 1.29 is 14.3 Å². The first-order valence-electron chi connectivity index (χ1n) is 10.9. The van der Waals surface area contributed by atoms with Crippen LogP contribution in [0.1, 0.15) is 32.6 Å². The Kier molecular flexibility index (Phi) is 6.66. The number of nitrogens with one attached hydrogen (secondary N) is 1. The summed E-state index contributed by atoms with van der Waals surface area (Å²) in [5, 5.41) is 3.37. The lowest BCUT2D eigenvalue weighted by Gasteiger charge is -2.33. The van der Waals surface area contributed by atoms with Crippen molar-refractivity contribution in [3.8, 4) is 5.75 Å². The fourth-order valence-electron chi connectivity index (χ4n) is 4.36. The lowest BCUT2D eigenvalue weighted by molar-refractivity contribution is -0.138. The van der Waals surface area contributed by atoms with Crippen LogP contribution in [-0.4, -0.2) is 48.5 Å². The summed E-state index contributed by atoms with van der Waals surface area (Å²) in [7, 11) is 0. The number of ether oxygens (including phenoxy) is 1. The van der Waals surface area contributed by atoms with E-state index in [1.807, 2.05) is 18.2 Å². The van der Waals surface area contributed by atoms with Crippen molar-refractivity contribution in [3.63, 3.8) is 0 Å². The monoisotopic (exact) mass is 441 g/mol. The van der Waals surface area contributed by atoms with Crippen molar-refractivity contribution >= 4 is 34.8 Å². The number of amides is 2. The molecule has 2 amide bonds. The molecule has 2 heterocycles. The van der Waals surface area contributed by atoms with Gasteiger partial charge in [-0.1, -0.05) is 29.8 Å². The summed E-state index contributed by atoms with van der Waals surface area (Å²) < 4.78 is 6.14. The maximum Gasteiger partial charge on any atom is 0.247 e. The number of halogens is 1. The summed E-state index contributed by atoms with van der Waals surface area (Å²) in [5.74, 6) is 0.374. The van der Waals surface area contributed by atoms with Crippen LogP contribution < -0.4 is 15.0 Å². The van der Waals surface area contributed by atoms with Gasteiger partial charge < -0.3 is 19.9 Å². The van der Waals surface area contributed by atoms with Gasteiger partial charge in [-0.05, 0) is 49.6 Å². The number of likely N-dealkylation sites (tertiary alicyclic amines) is 1. The number of benzene rings is 2. The Bertz CT molecular complexity index is 937. The highest BCUT2D eigenvalue weighted by Gasteiger charge is 2.30. The molecule has 2 fully saturated rings. The molecule has 0 aliphatic carbocycles. The highest BCUT2D eigenvalue weighted by Crippen LogP contribution is 2.31. The van der Waals surface area contributed by atoms with Gasteiger partial charge in [0.25, 0.3) is 0 Å². The number of anilines is 2. The first-order valence-corrected chi connectivity index (χ1v) is 11.2. The van der Waals surface area contributed by atoms with Gasteiger partial charge in [0.2, 0.25) is 11.8 Å². The number of rotatable bonds is 5. The topological polar surface area (TPSA) is 61.9 Å². The molecule has 2 aromatic carbocycles. The van der Waals surface area contributed by atoms with E-state index in [2.05, 4.69) is 22.3 Å². The quantitative estimate of drug-likeness (QED) is 0.749. The van der Waals surface area contributed by atoms with E-state index in [1.54, 1.807) is 23.1 Å². The molecule has 2 aromatic rings. The lowest BCUT2D eigenvalue weighted by atomic mass is 10.0. The van der Waals surface area contributed by atoms with E-state index in [-0.39, 0.29) is 17.9 Å². The zero-order valence-electron chi connectivity index (χ0n) is 17.7. The van der Waals surface area contributed by atoms with Crippen LogP contribution in [0.4, 0.5) is 11.4 Å². The van der Waals surface area contributed by atoms with Gasteiger partial charge >= 0.3 is 0 Å². The first kappa shape index (κ1) is 21.5. The lowest BCUT2D eigenvalue weighted by Crippen LogP contribution is -2.49. The van der Waals surface area contributed by atoms with Crippen molar-refractivity contribution in [3.05, 3.63) is 53.6 Å². The zero-order chi connectivity index (χ0) is 21.8. The molecule has 6 nitrogen and oxygen atoms in total. The van der Waals surface area contributed by atoms with Crippen molar-refractivity contribution in [2.75, 3.05) is 29.9 Å². The normalized spacial score (nSPS) is 21.1. The van der Waals surface area contributed by atoms with Crippen LogP contribution in [-0.2, 0) is 9.59 Å². The average Bonchev–Trinajstić information content (AvgIpc) is 3.25. The maximum absolute atomic E-state index is 12.7. The van der Waals surface area contributed by atoms with Gasteiger partial charge in [0.15, 0.2) is 0 Å². The summed E-state index contributed by atoms with van der Waals surface area (Å²) in [6.45, 7) is 3.88. The number of carbonyl (C=O) groups is 2. The van der Waals surface area contributed by atoms with E-state index >= 15 is 0 Å². The molecule has 0 saturated carbocycles. The predicted octanol–water partition coefficient (Wildman–Crippen LogP) is 4.34. The number of para-hydroxylation sites is 1. The summed E-state index contributed by atoms with van der Waals surface area (Å²) in [5.41, 5.74) is 1.80. The third-order valence-electron chi connectivity index (χ3n) is 5.97. The molecule has 4 rings (SSSR count). The number of hydrogen-bond donors (Lipinski definition) is 1. The second kappa shape index (κ2) is 9.60. The van der Waals surface area contributed by atoms with E-state index < -0.39 is 6.04 Å². The molecule has 2 aliphatic rings. The second-order valence-corrected chi connectivity index (χ2v) is 8.58. The fourth-order valence-corrected chi connectivity index (χ4v) is 4.58. The maximum atomic E-state index is 12.7. The molecule has 0 unspecified atom stereocenters. The predicted molar refractivity (Wildman–Crippen MR) is 123 cm³/mol. The molecule has 164 valence electrons. The highest BCUT2D eigenvalue weighted by atomic mass is 35.5. The van der Waals surface area contributed by atoms with E-state index in [1.165, 1.54) is 12.6 Å². The minimum absolute atomic E-state index is 0.0597. The molecular weight excluding hydrogens is 414 g/mol. The standard InChI is InChI=1S/C24H28ClN3O3/c1-17(29)28-13-6-5-9-22(28)24(30)26-18-10-11-23(21(25)15-18)31-20-12-14-27(16-20)19-7-3-2-4-8-19/h2-4,7-8,10-11,15,20,22H,5-6,9,12-14,16H2,1H3,(H,26,30)/t20-,22+/m0/s1. The SMILES string of the molecule is CC(=O)N1CCCC[C@@H]1C(=O)Nc1ccc(O[C@H]2CCN(c3ccccc3)C2)c(Cl)c1. The molecule has 1 N–H and O–H groups in total. The van der Waals surface area contributed by atoms with Crippen LogP contribution in [0.3, 0.4) is 0 Å². The fraction of sp³-hybridized carbons (Fsp3) is 0.417. The average molecular weight is 442 g/mol. The molecule has 0 aromatic heterocycles. The van der Waals surface area contributed by atoms with Gasteiger partial charge in [-0.15, -0.1) is 0 Å². The van der Waals surface area contributed by atoms with Crippen molar-refractivity contribution in [1.82, 2.24) is 4.90 Å². The number of carbonyl (C=O) groups excluding carboxylic acids is 2. The third-order valence-corrected chi connectivity index (χ3v) is 6.26. The van der Waals surface area contributed by atoms with Crippen molar-refractivity contribution in [1.29, 1.82) is 0 Å². The Morgan fingerprint density at radius 1 is 1.06 bits per heavy atom. The summed E-state index contributed by atoms with van der Waals surface area (Å²) in [4.78, 5) is 28.5. The molecule has 2 saturated heterocycles. The largest absolute Gasteiger partial charge is 0.487 e.